The molecule has 2 aromatic rings. The van der Waals surface area contributed by atoms with Crippen molar-refractivity contribution in [1.82, 2.24) is 4.90 Å². The summed E-state index contributed by atoms with van der Waals surface area (Å²) in [5.41, 5.74) is 1.28. The van der Waals surface area contributed by atoms with Crippen LogP contribution in [0.1, 0.15) is 48.4 Å². The van der Waals surface area contributed by atoms with Gasteiger partial charge in [0, 0.05) is 17.8 Å². The highest BCUT2D eigenvalue weighted by Gasteiger charge is 2.24. The molecule has 0 spiro atoms. The molecule has 2 aromatic carbocycles. The minimum atomic E-state index is -0.357. The third-order valence-corrected chi connectivity index (χ3v) is 4.93. The Morgan fingerprint density at radius 1 is 1.00 bits per heavy atom. The summed E-state index contributed by atoms with van der Waals surface area (Å²) < 4.78 is 22.8. The van der Waals surface area contributed by atoms with Crippen LogP contribution >= 0.6 is 0 Å². The summed E-state index contributed by atoms with van der Waals surface area (Å²) in [6.07, 6.45) is 0. The smallest absolute Gasteiger partial charge is 0.257 e. The molecule has 1 heterocycles. The number of anilines is 1. The number of rotatable bonds is 9. The van der Waals surface area contributed by atoms with Gasteiger partial charge in [-0.3, -0.25) is 9.59 Å². The zero-order valence-electron chi connectivity index (χ0n) is 19.0. The Morgan fingerprint density at radius 3 is 2.25 bits per heavy atom. The quantitative estimate of drug-likeness (QED) is 0.632. The first-order chi connectivity index (χ1) is 15.5. The zero-order valence-corrected chi connectivity index (χ0v) is 19.0. The topological polar surface area (TPSA) is 86.3 Å². The molecule has 0 aliphatic carbocycles. The monoisotopic (exact) mass is 442 g/mol. The van der Waals surface area contributed by atoms with E-state index in [1.165, 1.54) is 0 Å². The number of hydrogen-bond acceptors (Lipinski definition) is 6. The number of likely N-dealkylation sites (N-methyl/N-ethyl adjacent to an activating group) is 1. The van der Waals surface area contributed by atoms with E-state index in [1.54, 1.807) is 35.2 Å². The fourth-order valence-electron chi connectivity index (χ4n) is 3.46. The number of fused-ring (bicyclic) bond motifs is 1. The number of benzene rings is 2. The van der Waals surface area contributed by atoms with E-state index >= 15 is 0 Å². The summed E-state index contributed by atoms with van der Waals surface area (Å²) in [4.78, 5) is 27.6. The largest absolute Gasteiger partial charge is 0.491 e. The number of hydrogen-bond donors (Lipinski definition) is 1. The van der Waals surface area contributed by atoms with Crippen LogP contribution in [0.5, 0.6) is 23.0 Å². The third-order valence-electron chi connectivity index (χ3n) is 4.93. The van der Waals surface area contributed by atoms with Crippen molar-refractivity contribution in [3.63, 3.8) is 0 Å². The van der Waals surface area contributed by atoms with Gasteiger partial charge in [-0.25, -0.2) is 0 Å². The number of carbonyl (C=O) groups is 2. The van der Waals surface area contributed by atoms with Crippen LogP contribution in [-0.4, -0.2) is 56.2 Å². The van der Waals surface area contributed by atoms with Crippen LogP contribution in [0, 0.1) is 0 Å². The van der Waals surface area contributed by atoms with Crippen molar-refractivity contribution < 1.29 is 28.5 Å². The Bertz CT molecular complexity index is 948. The van der Waals surface area contributed by atoms with Crippen LogP contribution in [0.3, 0.4) is 0 Å². The van der Waals surface area contributed by atoms with Gasteiger partial charge in [0.05, 0.1) is 31.9 Å². The molecule has 1 aliphatic rings. The van der Waals surface area contributed by atoms with Crippen molar-refractivity contribution in [3.05, 3.63) is 41.5 Å². The molecular weight excluding hydrogens is 412 g/mol. The molecule has 8 nitrogen and oxygen atoms in total. The van der Waals surface area contributed by atoms with Gasteiger partial charge in [-0.1, -0.05) is 0 Å². The fraction of sp³-hybridized carbons (Fsp3) is 0.417. The molecular formula is C24H30N2O6. The van der Waals surface area contributed by atoms with E-state index in [4.69, 9.17) is 18.9 Å². The molecule has 8 heteroatoms. The van der Waals surface area contributed by atoms with Crippen molar-refractivity contribution in [1.29, 1.82) is 0 Å². The van der Waals surface area contributed by atoms with Gasteiger partial charge in [0.25, 0.3) is 11.8 Å². The molecule has 32 heavy (non-hydrogen) atoms. The Morgan fingerprint density at radius 2 is 1.66 bits per heavy atom. The van der Waals surface area contributed by atoms with Crippen LogP contribution in [0.15, 0.2) is 30.3 Å². The van der Waals surface area contributed by atoms with Crippen LogP contribution in [0.4, 0.5) is 5.69 Å². The number of ether oxygens (including phenoxy) is 4. The van der Waals surface area contributed by atoms with Gasteiger partial charge in [-0.05, 0) is 58.0 Å². The maximum Gasteiger partial charge on any atom is 0.257 e. The highest BCUT2D eigenvalue weighted by atomic mass is 16.5. The highest BCUT2D eigenvalue weighted by Crippen LogP contribution is 2.39. The zero-order chi connectivity index (χ0) is 23.1. The van der Waals surface area contributed by atoms with Gasteiger partial charge in [0.2, 0.25) is 5.75 Å². The summed E-state index contributed by atoms with van der Waals surface area (Å²) in [6.45, 7) is 10.3. The molecule has 2 amide bonds. The minimum Gasteiger partial charge on any atom is -0.491 e. The second-order valence-corrected chi connectivity index (χ2v) is 7.00. The molecule has 1 aliphatic heterocycles. The van der Waals surface area contributed by atoms with Gasteiger partial charge in [0.15, 0.2) is 11.5 Å². The maximum absolute atomic E-state index is 13.0. The first-order valence-electron chi connectivity index (χ1n) is 11.0. The van der Waals surface area contributed by atoms with Crippen molar-refractivity contribution in [2.24, 2.45) is 0 Å². The number of amides is 2. The first-order valence-corrected chi connectivity index (χ1v) is 11.0. The number of nitrogens with one attached hydrogen (secondary N) is 1. The lowest BCUT2D eigenvalue weighted by molar-refractivity contribution is 0.0764. The Kier molecular flexibility index (Phi) is 7.81. The molecule has 0 saturated carbocycles. The van der Waals surface area contributed by atoms with E-state index in [1.807, 2.05) is 27.7 Å². The van der Waals surface area contributed by atoms with Gasteiger partial charge < -0.3 is 29.2 Å². The van der Waals surface area contributed by atoms with Crippen LogP contribution < -0.4 is 24.3 Å². The van der Waals surface area contributed by atoms with Crippen LogP contribution in [0.2, 0.25) is 0 Å². The third kappa shape index (κ3) is 5.07. The SMILES string of the molecule is CCOc1cc(C(=O)Nc2ccc3c(c2)C(=O)N(CC)CCO3)cc(OCC)c1OCC. The van der Waals surface area contributed by atoms with E-state index in [0.717, 1.165) is 0 Å². The molecule has 0 bridgehead atoms. The number of nitrogens with zero attached hydrogens (tertiary/aromatic N) is 1. The standard InChI is InChI=1S/C24H30N2O6/c1-5-26-11-12-32-19-10-9-17(15-18(19)24(26)28)25-23(27)16-13-20(29-6-2)22(31-8-4)21(14-16)30-7-3/h9-10,13-15H,5-8,11-12H2,1-4H3,(H,25,27). The van der Waals surface area contributed by atoms with Gasteiger partial charge in [0.1, 0.15) is 12.4 Å². The normalized spacial score (nSPS) is 13.0. The lowest BCUT2D eigenvalue weighted by atomic mass is 10.1. The predicted molar refractivity (Wildman–Crippen MR) is 121 cm³/mol. The average molecular weight is 443 g/mol. The Labute approximate surface area is 188 Å². The second kappa shape index (κ2) is 10.7. The van der Waals surface area contributed by atoms with Gasteiger partial charge >= 0.3 is 0 Å². The molecule has 0 radical (unpaired) electrons. The lowest BCUT2D eigenvalue weighted by Gasteiger charge is -2.18. The highest BCUT2D eigenvalue weighted by molar-refractivity contribution is 6.06. The summed E-state index contributed by atoms with van der Waals surface area (Å²) in [5, 5.41) is 2.86. The summed E-state index contributed by atoms with van der Waals surface area (Å²) in [5.74, 6) is 1.39. The predicted octanol–water partition coefficient (Wildman–Crippen LogP) is 3.99. The van der Waals surface area contributed by atoms with Crippen molar-refractivity contribution >= 4 is 17.5 Å². The summed E-state index contributed by atoms with van der Waals surface area (Å²) in [7, 11) is 0. The molecule has 172 valence electrons. The summed E-state index contributed by atoms with van der Waals surface area (Å²) >= 11 is 0. The van der Waals surface area contributed by atoms with E-state index < -0.39 is 0 Å². The fourth-order valence-corrected chi connectivity index (χ4v) is 3.46. The Balaban J connectivity index is 1.91. The first kappa shape index (κ1) is 23.2. The average Bonchev–Trinajstić information content (AvgIpc) is 2.94. The van der Waals surface area contributed by atoms with E-state index in [0.29, 0.717) is 79.3 Å². The molecule has 3 rings (SSSR count). The second-order valence-electron chi connectivity index (χ2n) is 7.00. The van der Waals surface area contributed by atoms with Crippen LogP contribution in [0.25, 0.3) is 0 Å². The minimum absolute atomic E-state index is 0.116. The van der Waals surface area contributed by atoms with Crippen LogP contribution in [-0.2, 0) is 0 Å². The molecule has 0 fully saturated rings. The van der Waals surface area contributed by atoms with Crippen molar-refractivity contribution in [2.45, 2.75) is 27.7 Å². The van der Waals surface area contributed by atoms with Crippen molar-refractivity contribution in [3.8, 4) is 23.0 Å². The van der Waals surface area contributed by atoms with Gasteiger partial charge in [-0.2, -0.15) is 0 Å². The molecule has 0 unspecified atom stereocenters. The Hall–Kier alpha value is -3.42. The molecule has 0 saturated heterocycles. The van der Waals surface area contributed by atoms with Gasteiger partial charge in [-0.15, -0.1) is 0 Å². The number of carbonyl (C=O) groups excluding carboxylic acids is 2. The molecule has 0 atom stereocenters. The maximum atomic E-state index is 13.0. The summed E-state index contributed by atoms with van der Waals surface area (Å²) in [6, 6.07) is 8.32. The lowest BCUT2D eigenvalue weighted by Crippen LogP contribution is -2.32. The van der Waals surface area contributed by atoms with E-state index in [-0.39, 0.29) is 11.8 Å². The van der Waals surface area contributed by atoms with E-state index in [9.17, 15) is 9.59 Å². The van der Waals surface area contributed by atoms with E-state index in [2.05, 4.69) is 5.32 Å². The molecule has 1 N–H and O–H groups in total. The van der Waals surface area contributed by atoms with Crippen molar-refractivity contribution in [2.75, 3.05) is 44.8 Å². The molecule has 0 aromatic heterocycles.